The summed E-state index contributed by atoms with van der Waals surface area (Å²) in [5.41, 5.74) is 2.41. The third-order valence-corrected chi connectivity index (χ3v) is 5.94. The van der Waals surface area contributed by atoms with E-state index in [4.69, 9.17) is 0 Å². The molecule has 25 heavy (non-hydrogen) atoms. The topological polar surface area (TPSA) is 75.3 Å². The molecule has 2 N–H and O–H groups in total. The molecule has 0 aliphatic carbocycles. The first kappa shape index (κ1) is 21.6. The van der Waals surface area contributed by atoms with E-state index in [1.54, 1.807) is 13.8 Å². The largest absolute Gasteiger partial charge is 0.358 e. The van der Waals surface area contributed by atoms with Gasteiger partial charge in [0.25, 0.3) is 0 Å². The Bertz CT molecular complexity index is 709. The van der Waals surface area contributed by atoms with Crippen LogP contribution < -0.4 is 10.0 Å². The summed E-state index contributed by atoms with van der Waals surface area (Å²) in [5.74, 6) is -0.130. The summed E-state index contributed by atoms with van der Waals surface area (Å²) < 4.78 is 28.5. The van der Waals surface area contributed by atoms with E-state index in [1.165, 1.54) is 7.05 Å². The first-order valence-electron chi connectivity index (χ1n) is 8.65. The lowest BCUT2D eigenvalue weighted by Crippen LogP contribution is -2.46. The van der Waals surface area contributed by atoms with E-state index in [1.807, 2.05) is 26.0 Å². The molecule has 0 saturated carbocycles. The van der Waals surface area contributed by atoms with Crippen LogP contribution in [-0.2, 0) is 20.2 Å². The van der Waals surface area contributed by atoms with Gasteiger partial charge in [-0.15, -0.1) is 0 Å². The number of rotatable bonds is 6. The van der Waals surface area contributed by atoms with Gasteiger partial charge in [-0.2, -0.15) is 4.72 Å². The van der Waals surface area contributed by atoms with Crippen molar-refractivity contribution in [1.82, 2.24) is 10.0 Å². The van der Waals surface area contributed by atoms with Crippen LogP contribution in [0.5, 0.6) is 0 Å². The van der Waals surface area contributed by atoms with Crippen molar-refractivity contribution >= 4 is 15.9 Å². The Morgan fingerprint density at radius 3 is 1.96 bits per heavy atom. The van der Waals surface area contributed by atoms with Gasteiger partial charge in [0.1, 0.15) is 6.04 Å². The van der Waals surface area contributed by atoms with Crippen LogP contribution >= 0.6 is 0 Å². The number of aryl methyl sites for hydroxylation is 2. The molecule has 0 heterocycles. The minimum absolute atomic E-state index is 0.0620. The summed E-state index contributed by atoms with van der Waals surface area (Å²) in [7, 11) is -2.28. The second kappa shape index (κ2) is 7.87. The highest BCUT2D eigenvalue weighted by molar-refractivity contribution is 7.89. The fourth-order valence-electron chi connectivity index (χ4n) is 2.91. The standard InChI is InChI=1S/C19H32N2O3S/c1-12(2)9-16(18(22)20-8)21-25(23,24)17-13(3)10-15(11-14(17)4)19(5,6)7/h10-12,16,21H,9H2,1-8H3,(H,20,22)/t16-/m0/s1. The van der Waals surface area contributed by atoms with Gasteiger partial charge >= 0.3 is 0 Å². The minimum Gasteiger partial charge on any atom is -0.358 e. The molecule has 1 atom stereocenters. The Morgan fingerprint density at radius 1 is 1.12 bits per heavy atom. The number of amides is 1. The molecule has 0 aliphatic heterocycles. The van der Waals surface area contributed by atoms with E-state index in [0.29, 0.717) is 17.5 Å². The summed E-state index contributed by atoms with van der Waals surface area (Å²) in [4.78, 5) is 12.3. The molecule has 0 aliphatic rings. The lowest BCUT2D eigenvalue weighted by molar-refractivity contribution is -0.122. The molecule has 0 aromatic heterocycles. The number of hydrogen-bond donors (Lipinski definition) is 2. The van der Waals surface area contributed by atoms with Crippen molar-refractivity contribution in [3.05, 3.63) is 28.8 Å². The number of sulfonamides is 1. The summed E-state index contributed by atoms with van der Waals surface area (Å²) in [6.45, 7) is 13.8. The fourth-order valence-corrected chi connectivity index (χ4v) is 4.57. The minimum atomic E-state index is -3.79. The molecule has 0 saturated heterocycles. The summed E-state index contributed by atoms with van der Waals surface area (Å²) in [6, 6.07) is 3.05. The molecule has 0 fully saturated rings. The number of likely N-dealkylation sites (N-methyl/N-ethyl adjacent to an activating group) is 1. The van der Waals surface area contributed by atoms with Crippen molar-refractivity contribution < 1.29 is 13.2 Å². The number of hydrogen-bond acceptors (Lipinski definition) is 3. The van der Waals surface area contributed by atoms with Crippen LogP contribution in [-0.4, -0.2) is 27.4 Å². The molecule has 5 nitrogen and oxygen atoms in total. The summed E-state index contributed by atoms with van der Waals surface area (Å²) in [6.07, 6.45) is 0.442. The van der Waals surface area contributed by atoms with Gasteiger partial charge in [-0.3, -0.25) is 4.79 Å². The third-order valence-electron chi connectivity index (χ3n) is 4.16. The molecular weight excluding hydrogens is 336 g/mol. The van der Waals surface area contributed by atoms with Crippen LogP contribution in [0.2, 0.25) is 0 Å². The van der Waals surface area contributed by atoms with Gasteiger partial charge in [-0.1, -0.05) is 46.8 Å². The highest BCUT2D eigenvalue weighted by atomic mass is 32.2. The lowest BCUT2D eigenvalue weighted by Gasteiger charge is -2.24. The lowest BCUT2D eigenvalue weighted by atomic mass is 9.85. The van der Waals surface area contributed by atoms with Crippen molar-refractivity contribution in [3.63, 3.8) is 0 Å². The second-order valence-corrected chi connectivity index (χ2v) is 9.76. The van der Waals surface area contributed by atoms with Gasteiger partial charge in [0.05, 0.1) is 4.90 Å². The van der Waals surface area contributed by atoms with Crippen molar-refractivity contribution in [2.45, 2.75) is 71.2 Å². The fraction of sp³-hybridized carbons (Fsp3) is 0.632. The first-order chi connectivity index (χ1) is 11.3. The van der Waals surface area contributed by atoms with Crippen LogP contribution in [0.15, 0.2) is 17.0 Å². The Labute approximate surface area is 152 Å². The zero-order chi connectivity index (χ0) is 19.6. The van der Waals surface area contributed by atoms with Crippen molar-refractivity contribution in [2.24, 2.45) is 5.92 Å². The van der Waals surface area contributed by atoms with Gasteiger partial charge in [0.2, 0.25) is 15.9 Å². The van der Waals surface area contributed by atoms with Gasteiger partial charge in [-0.25, -0.2) is 8.42 Å². The zero-order valence-corrected chi connectivity index (χ0v) is 17.5. The first-order valence-corrected chi connectivity index (χ1v) is 10.1. The number of nitrogens with one attached hydrogen (secondary N) is 2. The zero-order valence-electron chi connectivity index (χ0n) is 16.6. The van der Waals surface area contributed by atoms with Crippen molar-refractivity contribution in [3.8, 4) is 0 Å². The van der Waals surface area contributed by atoms with E-state index in [0.717, 1.165) is 5.56 Å². The smallest absolute Gasteiger partial charge is 0.241 e. The van der Waals surface area contributed by atoms with Gasteiger partial charge < -0.3 is 5.32 Å². The van der Waals surface area contributed by atoms with E-state index in [9.17, 15) is 13.2 Å². The maximum Gasteiger partial charge on any atom is 0.241 e. The monoisotopic (exact) mass is 368 g/mol. The third kappa shape index (κ3) is 5.54. The van der Waals surface area contributed by atoms with E-state index >= 15 is 0 Å². The number of carbonyl (C=O) groups is 1. The highest BCUT2D eigenvalue weighted by Gasteiger charge is 2.29. The van der Waals surface area contributed by atoms with Gasteiger partial charge in [0, 0.05) is 7.05 Å². The molecule has 1 rings (SSSR count). The van der Waals surface area contributed by atoms with Crippen LogP contribution in [0, 0.1) is 19.8 Å². The maximum absolute atomic E-state index is 13.0. The van der Waals surface area contributed by atoms with Crippen LogP contribution in [0.1, 0.15) is 57.7 Å². The molecule has 1 aromatic carbocycles. The molecule has 1 amide bonds. The van der Waals surface area contributed by atoms with Gasteiger partial charge in [0.15, 0.2) is 0 Å². The van der Waals surface area contributed by atoms with Crippen molar-refractivity contribution in [2.75, 3.05) is 7.05 Å². The molecule has 0 radical (unpaired) electrons. The summed E-state index contributed by atoms with van der Waals surface area (Å²) in [5, 5.41) is 2.54. The number of carbonyl (C=O) groups excluding carboxylic acids is 1. The van der Waals surface area contributed by atoms with Crippen LogP contribution in [0.25, 0.3) is 0 Å². The average Bonchev–Trinajstić information content (AvgIpc) is 2.42. The SMILES string of the molecule is CNC(=O)[C@H](CC(C)C)NS(=O)(=O)c1c(C)cc(C(C)(C)C)cc1C. The van der Waals surface area contributed by atoms with Crippen LogP contribution in [0.4, 0.5) is 0 Å². The highest BCUT2D eigenvalue weighted by Crippen LogP contribution is 2.29. The predicted molar refractivity (Wildman–Crippen MR) is 102 cm³/mol. The molecule has 1 aromatic rings. The van der Waals surface area contributed by atoms with Crippen molar-refractivity contribution in [1.29, 1.82) is 0 Å². The molecule has 142 valence electrons. The van der Waals surface area contributed by atoms with E-state index in [2.05, 4.69) is 30.8 Å². The van der Waals surface area contributed by atoms with E-state index in [-0.39, 0.29) is 22.1 Å². The average molecular weight is 369 g/mol. The Hall–Kier alpha value is -1.40. The second-order valence-electron chi connectivity index (χ2n) is 8.11. The predicted octanol–water partition coefficient (Wildman–Crippen LogP) is 3.04. The van der Waals surface area contributed by atoms with Crippen LogP contribution in [0.3, 0.4) is 0 Å². The molecule has 0 unspecified atom stereocenters. The normalized spacial score (nSPS) is 13.8. The maximum atomic E-state index is 13.0. The molecular formula is C19H32N2O3S. The quantitative estimate of drug-likeness (QED) is 0.810. The molecule has 6 heteroatoms. The molecule has 0 spiro atoms. The molecule has 0 bridgehead atoms. The van der Waals surface area contributed by atoms with E-state index < -0.39 is 16.1 Å². The Kier molecular flexibility index (Phi) is 6.81. The number of benzene rings is 1. The summed E-state index contributed by atoms with van der Waals surface area (Å²) >= 11 is 0. The Balaban J connectivity index is 3.31. The Morgan fingerprint density at radius 2 is 1.60 bits per heavy atom. The van der Waals surface area contributed by atoms with Gasteiger partial charge in [-0.05, 0) is 48.3 Å².